The first-order chi connectivity index (χ1) is 8.11. The summed E-state index contributed by atoms with van der Waals surface area (Å²) in [5, 5.41) is 4.54. The van der Waals surface area contributed by atoms with E-state index in [1.54, 1.807) is 0 Å². The van der Waals surface area contributed by atoms with Gasteiger partial charge in [0.05, 0.1) is 12.2 Å². The summed E-state index contributed by atoms with van der Waals surface area (Å²) >= 11 is 1.81. The summed E-state index contributed by atoms with van der Waals surface area (Å²) < 4.78 is 0. The van der Waals surface area contributed by atoms with Gasteiger partial charge < -0.3 is 5.32 Å². The van der Waals surface area contributed by atoms with Crippen molar-refractivity contribution in [2.75, 3.05) is 5.75 Å². The zero-order valence-electron chi connectivity index (χ0n) is 10.7. The van der Waals surface area contributed by atoms with Gasteiger partial charge in [0, 0.05) is 17.0 Å². The highest BCUT2D eigenvalue weighted by atomic mass is 32.2. The Morgan fingerprint density at radius 1 is 1.53 bits per heavy atom. The normalized spacial score (nSPS) is 26.2. The standard InChI is InChI=1S/C13H19N3S/c1-4-13(3)9-17-12(16-13)14-8-11-7-5-6-10(2)15-11/h5-7H,4,8-9H2,1-3H3,(H,14,16). The Balaban J connectivity index is 1.98. The van der Waals surface area contributed by atoms with E-state index in [0.29, 0.717) is 6.54 Å². The Labute approximate surface area is 107 Å². The first-order valence-corrected chi connectivity index (χ1v) is 6.98. The van der Waals surface area contributed by atoms with E-state index in [1.165, 1.54) is 0 Å². The van der Waals surface area contributed by atoms with Crippen molar-refractivity contribution < 1.29 is 0 Å². The van der Waals surface area contributed by atoms with Gasteiger partial charge in [0.1, 0.15) is 0 Å². The van der Waals surface area contributed by atoms with E-state index in [0.717, 1.165) is 28.7 Å². The molecule has 1 fully saturated rings. The Morgan fingerprint density at radius 2 is 2.35 bits per heavy atom. The lowest BCUT2D eigenvalue weighted by Crippen LogP contribution is -2.39. The van der Waals surface area contributed by atoms with Gasteiger partial charge in [-0.3, -0.25) is 9.98 Å². The van der Waals surface area contributed by atoms with Gasteiger partial charge in [0.15, 0.2) is 5.17 Å². The first kappa shape index (κ1) is 12.4. The van der Waals surface area contributed by atoms with Crippen molar-refractivity contribution in [3.8, 4) is 0 Å². The molecule has 4 heteroatoms. The zero-order valence-corrected chi connectivity index (χ0v) is 11.5. The number of nitrogens with one attached hydrogen (secondary N) is 1. The molecule has 1 aromatic rings. The molecule has 17 heavy (non-hydrogen) atoms. The molecular weight excluding hydrogens is 230 g/mol. The van der Waals surface area contributed by atoms with Crippen LogP contribution in [0, 0.1) is 6.92 Å². The molecule has 2 rings (SSSR count). The Kier molecular flexibility index (Phi) is 3.72. The lowest BCUT2D eigenvalue weighted by atomic mass is 10.0. The molecule has 1 unspecified atom stereocenters. The lowest BCUT2D eigenvalue weighted by Gasteiger charge is -2.20. The zero-order chi connectivity index (χ0) is 12.3. The molecule has 0 aromatic carbocycles. The van der Waals surface area contributed by atoms with E-state index in [2.05, 4.69) is 29.1 Å². The van der Waals surface area contributed by atoms with Crippen LogP contribution in [0.4, 0.5) is 0 Å². The fraction of sp³-hybridized carbons (Fsp3) is 0.538. The van der Waals surface area contributed by atoms with Crippen LogP contribution in [-0.2, 0) is 6.54 Å². The average molecular weight is 249 g/mol. The smallest absolute Gasteiger partial charge is 0.157 e. The van der Waals surface area contributed by atoms with Crippen LogP contribution in [0.3, 0.4) is 0 Å². The number of pyridine rings is 1. The number of amidine groups is 1. The molecule has 1 aromatic heterocycles. The summed E-state index contributed by atoms with van der Waals surface area (Å²) in [4.78, 5) is 9.03. The summed E-state index contributed by atoms with van der Waals surface area (Å²) in [6, 6.07) is 6.06. The molecule has 1 aliphatic rings. The average Bonchev–Trinajstić information content (AvgIpc) is 2.70. The van der Waals surface area contributed by atoms with Gasteiger partial charge in [-0.25, -0.2) is 0 Å². The van der Waals surface area contributed by atoms with Crippen molar-refractivity contribution in [3.63, 3.8) is 0 Å². The van der Waals surface area contributed by atoms with Crippen LogP contribution in [0.1, 0.15) is 31.7 Å². The minimum absolute atomic E-state index is 0.212. The van der Waals surface area contributed by atoms with Crippen molar-refractivity contribution in [1.29, 1.82) is 0 Å². The number of thioether (sulfide) groups is 1. The molecule has 0 radical (unpaired) electrons. The van der Waals surface area contributed by atoms with Crippen molar-refractivity contribution in [3.05, 3.63) is 29.6 Å². The summed E-state index contributed by atoms with van der Waals surface area (Å²) in [5.74, 6) is 1.10. The van der Waals surface area contributed by atoms with E-state index in [1.807, 2.05) is 36.9 Å². The maximum absolute atomic E-state index is 4.58. The Morgan fingerprint density at radius 3 is 3.00 bits per heavy atom. The second kappa shape index (κ2) is 5.08. The summed E-state index contributed by atoms with van der Waals surface area (Å²) in [7, 11) is 0. The number of hydrogen-bond donors (Lipinski definition) is 1. The van der Waals surface area contributed by atoms with Crippen LogP contribution in [0.5, 0.6) is 0 Å². The second-order valence-electron chi connectivity index (χ2n) is 4.72. The molecule has 1 N–H and O–H groups in total. The number of aliphatic imine (C=N–C) groups is 1. The number of aromatic nitrogens is 1. The predicted molar refractivity (Wildman–Crippen MR) is 74.4 cm³/mol. The van der Waals surface area contributed by atoms with Gasteiger partial charge in [0.25, 0.3) is 0 Å². The predicted octanol–water partition coefficient (Wildman–Crippen LogP) is 2.75. The van der Waals surface area contributed by atoms with E-state index < -0.39 is 0 Å². The van der Waals surface area contributed by atoms with Gasteiger partial charge in [0.2, 0.25) is 0 Å². The largest absolute Gasteiger partial charge is 0.359 e. The van der Waals surface area contributed by atoms with Gasteiger partial charge in [-0.2, -0.15) is 0 Å². The van der Waals surface area contributed by atoms with Crippen LogP contribution in [-0.4, -0.2) is 21.4 Å². The highest BCUT2D eigenvalue weighted by molar-refractivity contribution is 8.14. The third-order valence-electron chi connectivity index (χ3n) is 3.05. The van der Waals surface area contributed by atoms with Crippen LogP contribution in [0.2, 0.25) is 0 Å². The molecule has 92 valence electrons. The molecule has 0 bridgehead atoms. The number of aryl methyl sites for hydroxylation is 1. The maximum Gasteiger partial charge on any atom is 0.157 e. The third-order valence-corrected chi connectivity index (χ3v) is 4.33. The number of rotatable bonds is 3. The third kappa shape index (κ3) is 3.22. The summed E-state index contributed by atoms with van der Waals surface area (Å²) in [6.45, 7) is 7.12. The molecule has 2 heterocycles. The SMILES string of the molecule is CCC1(C)CSC(=NCc2cccc(C)n2)N1. The lowest BCUT2D eigenvalue weighted by molar-refractivity contribution is 0.466. The van der Waals surface area contributed by atoms with Crippen LogP contribution in [0.15, 0.2) is 23.2 Å². The fourth-order valence-corrected chi connectivity index (χ4v) is 2.88. The Bertz CT molecular complexity index is 430. The number of hydrogen-bond acceptors (Lipinski definition) is 3. The molecule has 0 saturated carbocycles. The molecule has 1 saturated heterocycles. The molecule has 1 aliphatic heterocycles. The number of nitrogens with zero attached hydrogens (tertiary/aromatic N) is 2. The van der Waals surface area contributed by atoms with Crippen LogP contribution in [0.25, 0.3) is 0 Å². The Hall–Kier alpha value is -1.03. The van der Waals surface area contributed by atoms with Crippen molar-refractivity contribution >= 4 is 16.9 Å². The minimum Gasteiger partial charge on any atom is -0.359 e. The molecule has 0 amide bonds. The highest BCUT2D eigenvalue weighted by Crippen LogP contribution is 2.25. The topological polar surface area (TPSA) is 37.3 Å². The van der Waals surface area contributed by atoms with E-state index >= 15 is 0 Å². The molecular formula is C13H19N3S. The van der Waals surface area contributed by atoms with Crippen LogP contribution < -0.4 is 5.32 Å². The first-order valence-electron chi connectivity index (χ1n) is 5.99. The quantitative estimate of drug-likeness (QED) is 0.895. The van der Waals surface area contributed by atoms with Crippen LogP contribution >= 0.6 is 11.8 Å². The molecule has 3 nitrogen and oxygen atoms in total. The van der Waals surface area contributed by atoms with Gasteiger partial charge >= 0.3 is 0 Å². The highest BCUT2D eigenvalue weighted by Gasteiger charge is 2.30. The van der Waals surface area contributed by atoms with Crippen molar-refractivity contribution in [2.24, 2.45) is 4.99 Å². The second-order valence-corrected chi connectivity index (χ2v) is 5.68. The summed E-state index contributed by atoms with van der Waals surface area (Å²) in [5.41, 5.74) is 2.29. The molecule has 0 spiro atoms. The minimum atomic E-state index is 0.212. The van der Waals surface area contributed by atoms with Gasteiger partial charge in [-0.1, -0.05) is 24.8 Å². The van der Waals surface area contributed by atoms with Gasteiger partial charge in [-0.15, -0.1) is 0 Å². The van der Waals surface area contributed by atoms with Crippen molar-refractivity contribution in [1.82, 2.24) is 10.3 Å². The van der Waals surface area contributed by atoms with Crippen molar-refractivity contribution in [2.45, 2.75) is 39.3 Å². The van der Waals surface area contributed by atoms with E-state index in [9.17, 15) is 0 Å². The fourth-order valence-electron chi connectivity index (χ4n) is 1.67. The molecule has 1 atom stereocenters. The molecule has 0 aliphatic carbocycles. The van der Waals surface area contributed by atoms with E-state index in [4.69, 9.17) is 0 Å². The van der Waals surface area contributed by atoms with Gasteiger partial charge in [-0.05, 0) is 32.4 Å². The maximum atomic E-state index is 4.58. The monoisotopic (exact) mass is 249 g/mol. The van der Waals surface area contributed by atoms with E-state index in [-0.39, 0.29) is 5.54 Å². The summed E-state index contributed by atoms with van der Waals surface area (Å²) in [6.07, 6.45) is 1.13.